The predicted molar refractivity (Wildman–Crippen MR) is 52.0 cm³/mol. The second-order valence-corrected chi connectivity index (χ2v) is 3.07. The molecular formula is C8H10BClO3. The van der Waals surface area contributed by atoms with E-state index in [1.807, 2.05) is 0 Å². The van der Waals surface area contributed by atoms with Gasteiger partial charge in [0, 0.05) is 17.6 Å². The third-order valence-corrected chi connectivity index (χ3v) is 1.99. The Morgan fingerprint density at radius 2 is 2.15 bits per heavy atom. The maximum Gasteiger partial charge on any atom is 0.489 e. The van der Waals surface area contributed by atoms with Crippen LogP contribution in [0.1, 0.15) is 5.56 Å². The number of benzene rings is 1. The van der Waals surface area contributed by atoms with Gasteiger partial charge >= 0.3 is 7.12 Å². The van der Waals surface area contributed by atoms with Crippen molar-refractivity contribution in [2.75, 3.05) is 7.11 Å². The minimum Gasteiger partial charge on any atom is -0.423 e. The fourth-order valence-corrected chi connectivity index (χ4v) is 1.26. The van der Waals surface area contributed by atoms with Gasteiger partial charge in [-0.2, -0.15) is 0 Å². The second kappa shape index (κ2) is 4.62. The van der Waals surface area contributed by atoms with Crippen LogP contribution >= 0.6 is 11.6 Å². The van der Waals surface area contributed by atoms with E-state index in [0.717, 1.165) is 5.56 Å². The summed E-state index contributed by atoms with van der Waals surface area (Å²) in [5.41, 5.74) is 1.16. The van der Waals surface area contributed by atoms with Gasteiger partial charge < -0.3 is 14.8 Å². The van der Waals surface area contributed by atoms with E-state index < -0.39 is 7.12 Å². The first-order valence-electron chi connectivity index (χ1n) is 3.78. The molecule has 0 aromatic heterocycles. The first kappa shape index (κ1) is 10.5. The number of methoxy groups -OCH3 is 1. The summed E-state index contributed by atoms with van der Waals surface area (Å²) in [5, 5.41) is 18.2. The standard InChI is InChI=1S/C8H10BClO3/c1-13-5-6-2-3-8(10)7(4-6)9(11)12/h2-4,11-12H,5H2,1H3. The van der Waals surface area contributed by atoms with Crippen LogP contribution in [0.3, 0.4) is 0 Å². The Labute approximate surface area is 82.1 Å². The average molecular weight is 200 g/mol. The summed E-state index contributed by atoms with van der Waals surface area (Å²) >= 11 is 5.73. The summed E-state index contributed by atoms with van der Waals surface area (Å²) in [6.45, 7) is 0.427. The van der Waals surface area contributed by atoms with Crippen molar-refractivity contribution in [3.8, 4) is 0 Å². The van der Waals surface area contributed by atoms with E-state index in [2.05, 4.69) is 0 Å². The third-order valence-electron chi connectivity index (χ3n) is 1.65. The van der Waals surface area contributed by atoms with Gasteiger partial charge in [0.2, 0.25) is 0 Å². The summed E-state index contributed by atoms with van der Waals surface area (Å²) in [6, 6.07) is 5.00. The molecule has 5 heteroatoms. The van der Waals surface area contributed by atoms with Crippen molar-refractivity contribution in [1.82, 2.24) is 0 Å². The lowest BCUT2D eigenvalue weighted by Gasteiger charge is -2.05. The van der Waals surface area contributed by atoms with Crippen LogP contribution in [0, 0.1) is 0 Å². The largest absolute Gasteiger partial charge is 0.489 e. The molecule has 0 spiro atoms. The van der Waals surface area contributed by atoms with E-state index in [4.69, 9.17) is 26.4 Å². The summed E-state index contributed by atoms with van der Waals surface area (Å²) in [4.78, 5) is 0. The van der Waals surface area contributed by atoms with E-state index in [1.54, 1.807) is 25.3 Å². The van der Waals surface area contributed by atoms with Crippen LogP contribution in [0.15, 0.2) is 18.2 Å². The van der Waals surface area contributed by atoms with Gasteiger partial charge in [-0.15, -0.1) is 0 Å². The third kappa shape index (κ3) is 2.71. The SMILES string of the molecule is COCc1ccc(Cl)c(B(O)O)c1. The first-order chi connectivity index (χ1) is 6.15. The molecule has 0 radical (unpaired) electrons. The van der Waals surface area contributed by atoms with Gasteiger partial charge in [0.05, 0.1) is 6.61 Å². The van der Waals surface area contributed by atoms with Crippen LogP contribution in [0.25, 0.3) is 0 Å². The van der Waals surface area contributed by atoms with E-state index in [9.17, 15) is 0 Å². The number of hydrogen-bond donors (Lipinski definition) is 2. The molecule has 0 aliphatic carbocycles. The molecule has 0 amide bonds. The zero-order valence-electron chi connectivity index (χ0n) is 7.20. The highest BCUT2D eigenvalue weighted by Crippen LogP contribution is 2.08. The Morgan fingerprint density at radius 1 is 1.46 bits per heavy atom. The molecule has 0 fully saturated rings. The van der Waals surface area contributed by atoms with Gasteiger partial charge in [-0.1, -0.05) is 23.7 Å². The number of hydrogen-bond acceptors (Lipinski definition) is 3. The lowest BCUT2D eigenvalue weighted by molar-refractivity contribution is 0.185. The molecule has 70 valence electrons. The molecule has 0 aliphatic rings. The number of halogens is 1. The summed E-state index contributed by atoms with van der Waals surface area (Å²) < 4.78 is 4.90. The summed E-state index contributed by atoms with van der Waals surface area (Å²) in [6.07, 6.45) is 0. The molecule has 0 heterocycles. The van der Waals surface area contributed by atoms with Gasteiger partial charge in [0.1, 0.15) is 0 Å². The molecule has 3 nitrogen and oxygen atoms in total. The number of rotatable bonds is 3. The van der Waals surface area contributed by atoms with Crippen LogP contribution in [-0.2, 0) is 11.3 Å². The normalized spacial score (nSPS) is 10.2. The minimum atomic E-state index is -1.54. The van der Waals surface area contributed by atoms with Gasteiger partial charge in [0.25, 0.3) is 0 Å². The quantitative estimate of drug-likeness (QED) is 0.684. The summed E-state index contributed by atoms with van der Waals surface area (Å²) in [5.74, 6) is 0. The fourth-order valence-electron chi connectivity index (χ4n) is 1.05. The van der Waals surface area contributed by atoms with Gasteiger partial charge in [-0.05, 0) is 11.6 Å². The molecule has 13 heavy (non-hydrogen) atoms. The molecular weight excluding hydrogens is 190 g/mol. The van der Waals surface area contributed by atoms with Crippen LogP contribution in [-0.4, -0.2) is 24.3 Å². The maximum atomic E-state index is 8.93. The zero-order chi connectivity index (χ0) is 9.84. The minimum absolute atomic E-state index is 0.302. The Bertz CT molecular complexity index is 291. The predicted octanol–water partition coefficient (Wildman–Crippen LogP) is 0.166. The van der Waals surface area contributed by atoms with Crippen LogP contribution in [0.4, 0.5) is 0 Å². The highest BCUT2D eigenvalue weighted by atomic mass is 35.5. The molecule has 1 aromatic carbocycles. The highest BCUT2D eigenvalue weighted by Gasteiger charge is 2.15. The number of ether oxygens (including phenoxy) is 1. The Kier molecular flexibility index (Phi) is 3.75. The lowest BCUT2D eigenvalue weighted by atomic mass is 9.79. The monoisotopic (exact) mass is 200 g/mol. The van der Waals surface area contributed by atoms with Crippen LogP contribution in [0.5, 0.6) is 0 Å². The van der Waals surface area contributed by atoms with Crippen molar-refractivity contribution in [2.24, 2.45) is 0 Å². The summed E-state index contributed by atoms with van der Waals surface area (Å²) in [7, 11) is 0.0354. The fraction of sp³-hybridized carbons (Fsp3) is 0.250. The molecule has 0 atom stereocenters. The molecule has 0 saturated carbocycles. The van der Waals surface area contributed by atoms with Gasteiger partial charge in [-0.25, -0.2) is 0 Å². The molecule has 2 N–H and O–H groups in total. The van der Waals surface area contributed by atoms with Crippen molar-refractivity contribution in [3.63, 3.8) is 0 Å². The highest BCUT2D eigenvalue weighted by molar-refractivity contribution is 6.62. The van der Waals surface area contributed by atoms with Crippen molar-refractivity contribution in [3.05, 3.63) is 28.8 Å². The van der Waals surface area contributed by atoms with E-state index in [0.29, 0.717) is 17.1 Å². The smallest absolute Gasteiger partial charge is 0.423 e. The van der Waals surface area contributed by atoms with Gasteiger partial charge in [0.15, 0.2) is 0 Å². The molecule has 1 aromatic rings. The van der Waals surface area contributed by atoms with Crippen molar-refractivity contribution >= 4 is 24.2 Å². The van der Waals surface area contributed by atoms with E-state index >= 15 is 0 Å². The van der Waals surface area contributed by atoms with Crippen molar-refractivity contribution < 1.29 is 14.8 Å². The topological polar surface area (TPSA) is 49.7 Å². The van der Waals surface area contributed by atoms with Crippen molar-refractivity contribution in [1.29, 1.82) is 0 Å². The Morgan fingerprint density at radius 3 is 2.69 bits per heavy atom. The van der Waals surface area contributed by atoms with E-state index in [-0.39, 0.29) is 0 Å². The zero-order valence-corrected chi connectivity index (χ0v) is 7.95. The van der Waals surface area contributed by atoms with Crippen LogP contribution in [0.2, 0.25) is 5.02 Å². The molecule has 1 rings (SSSR count). The van der Waals surface area contributed by atoms with Gasteiger partial charge in [-0.3, -0.25) is 0 Å². The van der Waals surface area contributed by atoms with Crippen molar-refractivity contribution in [2.45, 2.75) is 6.61 Å². The first-order valence-corrected chi connectivity index (χ1v) is 4.16. The molecule has 0 saturated heterocycles. The van der Waals surface area contributed by atoms with Crippen LogP contribution < -0.4 is 5.46 Å². The Hall–Kier alpha value is -0.545. The Balaban J connectivity index is 2.97. The maximum absolute atomic E-state index is 8.93. The lowest BCUT2D eigenvalue weighted by Crippen LogP contribution is -2.31. The average Bonchev–Trinajstić information content (AvgIpc) is 2.08. The second-order valence-electron chi connectivity index (χ2n) is 2.66. The van der Waals surface area contributed by atoms with E-state index in [1.165, 1.54) is 0 Å². The molecule has 0 bridgehead atoms. The molecule has 0 aliphatic heterocycles. The molecule has 0 unspecified atom stereocenters.